The van der Waals surface area contributed by atoms with Crippen LogP contribution in [0, 0.1) is 17.8 Å². The summed E-state index contributed by atoms with van der Waals surface area (Å²) in [6.07, 6.45) is 4.52. The molecule has 0 spiro atoms. The molecule has 98 valence electrons. The van der Waals surface area contributed by atoms with Gasteiger partial charge in [-0.05, 0) is 49.0 Å². The Labute approximate surface area is 112 Å². The molecule has 4 unspecified atom stereocenters. The van der Waals surface area contributed by atoms with Gasteiger partial charge in [-0.1, -0.05) is 6.07 Å². The van der Waals surface area contributed by atoms with Crippen LogP contribution >= 0.6 is 11.3 Å². The highest BCUT2D eigenvalue weighted by molar-refractivity contribution is 7.09. The quantitative estimate of drug-likeness (QED) is 0.871. The van der Waals surface area contributed by atoms with Crippen molar-refractivity contribution in [2.24, 2.45) is 23.5 Å². The van der Waals surface area contributed by atoms with Gasteiger partial charge in [-0.15, -0.1) is 11.3 Å². The molecule has 1 aromatic rings. The fourth-order valence-corrected chi connectivity index (χ4v) is 4.32. The number of hydrogen-bond acceptors (Lipinski definition) is 3. The highest BCUT2D eigenvalue weighted by Gasteiger charge is 2.48. The van der Waals surface area contributed by atoms with Crippen LogP contribution in [0.2, 0.25) is 0 Å². The third kappa shape index (κ3) is 2.19. The Kier molecular flexibility index (Phi) is 3.39. The van der Waals surface area contributed by atoms with Crippen LogP contribution in [0.3, 0.4) is 0 Å². The fraction of sp³-hybridized carbons (Fsp3) is 0.643. The number of carbonyl (C=O) groups is 1. The second-order valence-corrected chi connectivity index (χ2v) is 6.59. The normalized spacial score (nSPS) is 33.8. The summed E-state index contributed by atoms with van der Waals surface area (Å²) in [5.74, 6) is 1.41. The lowest BCUT2D eigenvalue weighted by molar-refractivity contribution is -0.127. The van der Waals surface area contributed by atoms with Crippen LogP contribution in [0.1, 0.15) is 24.1 Å². The van der Waals surface area contributed by atoms with E-state index in [1.807, 2.05) is 6.07 Å². The lowest BCUT2D eigenvalue weighted by Gasteiger charge is -2.26. The molecule has 1 aromatic heterocycles. The third-order valence-electron chi connectivity index (χ3n) is 4.53. The standard InChI is InChI=1S/C14H20N2OS/c15-13-10-4-3-9(8-10)12(13)14(17)16-6-5-11-2-1-7-18-11/h1-2,7,9-10,12-13H,3-6,8,15H2,(H,16,17). The van der Waals surface area contributed by atoms with Crippen molar-refractivity contribution >= 4 is 17.2 Å². The van der Waals surface area contributed by atoms with Gasteiger partial charge in [0.2, 0.25) is 5.91 Å². The first-order valence-corrected chi connectivity index (χ1v) is 7.69. The largest absolute Gasteiger partial charge is 0.355 e. The Bertz CT molecular complexity index is 415. The Morgan fingerprint density at radius 1 is 1.44 bits per heavy atom. The summed E-state index contributed by atoms with van der Waals surface area (Å²) >= 11 is 1.74. The summed E-state index contributed by atoms with van der Waals surface area (Å²) in [6, 6.07) is 4.26. The van der Waals surface area contributed by atoms with Gasteiger partial charge in [-0.2, -0.15) is 0 Å². The fourth-order valence-electron chi connectivity index (χ4n) is 3.61. The van der Waals surface area contributed by atoms with Crippen LogP contribution in [-0.2, 0) is 11.2 Å². The van der Waals surface area contributed by atoms with E-state index in [0.717, 1.165) is 13.0 Å². The SMILES string of the molecule is NC1C2CCC(C2)C1C(=O)NCCc1cccs1. The van der Waals surface area contributed by atoms with Crippen molar-refractivity contribution in [3.8, 4) is 0 Å². The average Bonchev–Trinajstić information content (AvgIpc) is 3.03. The van der Waals surface area contributed by atoms with Crippen molar-refractivity contribution < 1.29 is 4.79 Å². The van der Waals surface area contributed by atoms with Gasteiger partial charge in [0, 0.05) is 17.5 Å². The van der Waals surface area contributed by atoms with Crippen LogP contribution in [0.15, 0.2) is 17.5 Å². The molecular formula is C14H20N2OS. The van der Waals surface area contributed by atoms with E-state index < -0.39 is 0 Å². The van der Waals surface area contributed by atoms with Gasteiger partial charge in [-0.3, -0.25) is 4.79 Å². The summed E-state index contributed by atoms with van der Waals surface area (Å²) in [4.78, 5) is 13.5. The summed E-state index contributed by atoms with van der Waals surface area (Å²) in [7, 11) is 0. The Morgan fingerprint density at radius 3 is 2.94 bits per heavy atom. The maximum absolute atomic E-state index is 12.2. The van der Waals surface area contributed by atoms with Gasteiger partial charge in [0.25, 0.3) is 0 Å². The first-order chi connectivity index (χ1) is 8.75. The van der Waals surface area contributed by atoms with E-state index >= 15 is 0 Å². The predicted molar refractivity (Wildman–Crippen MR) is 73.3 cm³/mol. The number of nitrogens with two attached hydrogens (primary N) is 1. The maximum atomic E-state index is 12.2. The average molecular weight is 264 g/mol. The highest BCUT2D eigenvalue weighted by Crippen LogP contribution is 2.47. The summed E-state index contributed by atoms with van der Waals surface area (Å²) < 4.78 is 0. The number of carbonyl (C=O) groups excluding carboxylic acids is 1. The van der Waals surface area contributed by atoms with Crippen LogP contribution in [0.5, 0.6) is 0 Å². The second-order valence-electron chi connectivity index (χ2n) is 5.56. The number of hydrogen-bond donors (Lipinski definition) is 2. The van der Waals surface area contributed by atoms with E-state index in [4.69, 9.17) is 5.73 Å². The molecule has 3 nitrogen and oxygen atoms in total. The number of amides is 1. The molecule has 4 heteroatoms. The van der Waals surface area contributed by atoms with Crippen molar-refractivity contribution in [3.05, 3.63) is 22.4 Å². The summed E-state index contributed by atoms with van der Waals surface area (Å²) in [6.45, 7) is 0.736. The number of fused-ring (bicyclic) bond motifs is 2. The summed E-state index contributed by atoms with van der Waals surface area (Å²) in [5, 5.41) is 5.14. The number of thiophene rings is 1. The first kappa shape index (κ1) is 12.2. The Balaban J connectivity index is 1.50. The van der Waals surface area contributed by atoms with E-state index in [1.54, 1.807) is 11.3 Å². The molecule has 3 N–H and O–H groups in total. The van der Waals surface area contributed by atoms with Gasteiger partial charge in [0.1, 0.15) is 0 Å². The van der Waals surface area contributed by atoms with Gasteiger partial charge in [0.15, 0.2) is 0 Å². The van der Waals surface area contributed by atoms with Crippen molar-refractivity contribution in [1.29, 1.82) is 0 Å². The zero-order valence-corrected chi connectivity index (χ0v) is 11.3. The van der Waals surface area contributed by atoms with E-state index in [2.05, 4.69) is 16.8 Å². The number of rotatable bonds is 4. The Hall–Kier alpha value is -0.870. The molecule has 3 rings (SSSR count). The van der Waals surface area contributed by atoms with E-state index in [9.17, 15) is 4.79 Å². The molecule has 0 saturated heterocycles. The molecule has 2 bridgehead atoms. The number of nitrogens with one attached hydrogen (secondary N) is 1. The van der Waals surface area contributed by atoms with Crippen LogP contribution in [-0.4, -0.2) is 18.5 Å². The second kappa shape index (κ2) is 5.02. The molecular weight excluding hydrogens is 244 g/mol. The van der Waals surface area contributed by atoms with E-state index in [1.165, 1.54) is 24.1 Å². The minimum absolute atomic E-state index is 0.0760. The molecule has 0 aromatic carbocycles. The van der Waals surface area contributed by atoms with Crippen LogP contribution < -0.4 is 11.1 Å². The van der Waals surface area contributed by atoms with Gasteiger partial charge in [-0.25, -0.2) is 0 Å². The van der Waals surface area contributed by atoms with Crippen molar-refractivity contribution in [1.82, 2.24) is 5.32 Å². The van der Waals surface area contributed by atoms with Crippen LogP contribution in [0.4, 0.5) is 0 Å². The smallest absolute Gasteiger partial charge is 0.224 e. The molecule has 2 saturated carbocycles. The molecule has 2 aliphatic carbocycles. The lowest BCUT2D eigenvalue weighted by Crippen LogP contribution is -2.45. The summed E-state index contributed by atoms with van der Waals surface area (Å²) in [5.41, 5.74) is 6.17. The molecule has 0 aliphatic heterocycles. The lowest BCUT2D eigenvalue weighted by atomic mass is 9.84. The third-order valence-corrected chi connectivity index (χ3v) is 5.47. The zero-order chi connectivity index (χ0) is 12.5. The molecule has 2 fully saturated rings. The van der Waals surface area contributed by atoms with Gasteiger partial charge < -0.3 is 11.1 Å². The minimum atomic E-state index is 0.0760. The van der Waals surface area contributed by atoms with Crippen molar-refractivity contribution in [3.63, 3.8) is 0 Å². The monoisotopic (exact) mass is 264 g/mol. The predicted octanol–water partition coefficient (Wildman–Crippen LogP) is 1.78. The Morgan fingerprint density at radius 2 is 2.28 bits per heavy atom. The molecule has 4 atom stereocenters. The van der Waals surface area contributed by atoms with Crippen LogP contribution in [0.25, 0.3) is 0 Å². The van der Waals surface area contributed by atoms with E-state index in [0.29, 0.717) is 11.8 Å². The van der Waals surface area contributed by atoms with Crippen molar-refractivity contribution in [2.45, 2.75) is 31.7 Å². The molecule has 0 radical (unpaired) electrons. The highest BCUT2D eigenvalue weighted by atomic mass is 32.1. The van der Waals surface area contributed by atoms with Gasteiger partial charge >= 0.3 is 0 Å². The molecule has 18 heavy (non-hydrogen) atoms. The first-order valence-electron chi connectivity index (χ1n) is 6.81. The maximum Gasteiger partial charge on any atom is 0.224 e. The molecule has 2 aliphatic rings. The van der Waals surface area contributed by atoms with E-state index in [-0.39, 0.29) is 17.9 Å². The molecule has 1 amide bonds. The van der Waals surface area contributed by atoms with Gasteiger partial charge in [0.05, 0.1) is 5.92 Å². The van der Waals surface area contributed by atoms with Crippen molar-refractivity contribution in [2.75, 3.05) is 6.54 Å². The minimum Gasteiger partial charge on any atom is -0.355 e. The molecule has 1 heterocycles. The zero-order valence-electron chi connectivity index (χ0n) is 10.5. The topological polar surface area (TPSA) is 55.1 Å².